The molecular weight excluding hydrogens is 184 g/mol. The van der Waals surface area contributed by atoms with Crippen LogP contribution < -0.4 is 4.74 Å². The summed E-state index contributed by atoms with van der Waals surface area (Å²) in [4.78, 5) is 11.8. The van der Waals surface area contributed by atoms with E-state index in [1.165, 1.54) is 11.8 Å². The molecule has 1 rings (SSSR count). The first kappa shape index (κ1) is 10.1. The molecule has 0 bridgehead atoms. The number of carbonyl (C=O) groups is 1. The van der Waals surface area contributed by atoms with Gasteiger partial charge < -0.3 is 4.74 Å². The molecule has 0 amide bonds. The fraction of sp³-hybridized carbons (Fsp3) is 0.300. The Morgan fingerprint density at radius 3 is 2.92 bits per heavy atom. The van der Waals surface area contributed by atoms with Crippen molar-refractivity contribution in [2.45, 2.75) is 11.8 Å². The molecule has 0 aliphatic carbocycles. The van der Waals surface area contributed by atoms with Crippen LogP contribution in [0.2, 0.25) is 0 Å². The van der Waals surface area contributed by atoms with Crippen molar-refractivity contribution in [3.05, 3.63) is 24.3 Å². The maximum atomic E-state index is 10.7. The van der Waals surface area contributed by atoms with Gasteiger partial charge in [0.2, 0.25) is 0 Å². The molecule has 1 aromatic carbocycles. The normalized spacial score (nSPS) is 9.69. The quantitative estimate of drug-likeness (QED) is 0.691. The highest BCUT2D eigenvalue weighted by atomic mass is 32.2. The van der Waals surface area contributed by atoms with E-state index in [1.54, 1.807) is 14.0 Å². The highest BCUT2D eigenvalue weighted by Crippen LogP contribution is 2.22. The van der Waals surface area contributed by atoms with Gasteiger partial charge in [-0.2, -0.15) is 0 Å². The van der Waals surface area contributed by atoms with E-state index < -0.39 is 0 Å². The third-order valence-corrected chi connectivity index (χ3v) is 2.62. The molecule has 0 N–H and O–H groups in total. The van der Waals surface area contributed by atoms with Crippen molar-refractivity contribution in [1.29, 1.82) is 0 Å². The molecule has 1 aromatic rings. The summed E-state index contributed by atoms with van der Waals surface area (Å²) in [5.74, 6) is 1.54. The van der Waals surface area contributed by atoms with Crippen molar-refractivity contribution < 1.29 is 9.53 Å². The Labute approximate surface area is 82.3 Å². The number of rotatable bonds is 4. The Kier molecular flexibility index (Phi) is 3.83. The Morgan fingerprint density at radius 1 is 1.54 bits per heavy atom. The minimum atomic E-state index is 0.188. The Hall–Kier alpha value is -0.960. The number of ketones is 1. The third kappa shape index (κ3) is 3.51. The number of thioether (sulfide) groups is 1. The monoisotopic (exact) mass is 196 g/mol. The molecule has 0 heterocycles. The fourth-order valence-corrected chi connectivity index (χ4v) is 1.62. The Bertz CT molecular complexity index is 297. The van der Waals surface area contributed by atoms with E-state index in [-0.39, 0.29) is 5.78 Å². The van der Waals surface area contributed by atoms with Crippen LogP contribution in [-0.4, -0.2) is 18.6 Å². The van der Waals surface area contributed by atoms with Gasteiger partial charge in [-0.05, 0) is 25.1 Å². The standard InChI is InChI=1S/C10H12O2S/c1-8(11)7-13-10-5-3-4-9(6-10)12-2/h3-6H,7H2,1-2H3. The molecule has 0 atom stereocenters. The summed E-state index contributed by atoms with van der Waals surface area (Å²) in [6.45, 7) is 1.59. The lowest BCUT2D eigenvalue weighted by molar-refractivity contribution is -0.114. The molecule has 0 aliphatic heterocycles. The molecular formula is C10H12O2S. The molecule has 0 saturated carbocycles. The number of benzene rings is 1. The molecule has 0 saturated heterocycles. The lowest BCUT2D eigenvalue weighted by Crippen LogP contribution is -1.92. The van der Waals surface area contributed by atoms with Crippen molar-refractivity contribution in [3.63, 3.8) is 0 Å². The number of methoxy groups -OCH3 is 1. The predicted octanol–water partition coefficient (Wildman–Crippen LogP) is 2.38. The molecule has 0 aliphatic rings. The minimum Gasteiger partial charge on any atom is -0.497 e. The second-order valence-corrected chi connectivity index (χ2v) is 3.72. The van der Waals surface area contributed by atoms with E-state index in [2.05, 4.69) is 0 Å². The molecule has 0 radical (unpaired) electrons. The van der Waals surface area contributed by atoms with Crippen LogP contribution >= 0.6 is 11.8 Å². The Balaban J connectivity index is 2.61. The highest BCUT2D eigenvalue weighted by molar-refractivity contribution is 8.00. The summed E-state index contributed by atoms with van der Waals surface area (Å²) in [6, 6.07) is 7.70. The van der Waals surface area contributed by atoms with Gasteiger partial charge in [0.1, 0.15) is 11.5 Å². The van der Waals surface area contributed by atoms with Crippen molar-refractivity contribution in [2.24, 2.45) is 0 Å². The van der Waals surface area contributed by atoms with Gasteiger partial charge in [0, 0.05) is 4.90 Å². The van der Waals surface area contributed by atoms with Crippen LogP contribution in [0.5, 0.6) is 5.75 Å². The van der Waals surface area contributed by atoms with Crippen LogP contribution in [0.3, 0.4) is 0 Å². The van der Waals surface area contributed by atoms with E-state index >= 15 is 0 Å². The van der Waals surface area contributed by atoms with Crippen LogP contribution in [0.1, 0.15) is 6.92 Å². The Morgan fingerprint density at radius 2 is 2.31 bits per heavy atom. The number of Topliss-reactive ketones (excluding diaryl/α,β-unsaturated/α-hetero) is 1. The van der Waals surface area contributed by atoms with Gasteiger partial charge >= 0.3 is 0 Å². The van der Waals surface area contributed by atoms with Gasteiger partial charge in [0.25, 0.3) is 0 Å². The van der Waals surface area contributed by atoms with E-state index in [4.69, 9.17) is 4.74 Å². The van der Waals surface area contributed by atoms with E-state index in [1.807, 2.05) is 24.3 Å². The van der Waals surface area contributed by atoms with Crippen molar-refractivity contribution in [1.82, 2.24) is 0 Å². The lowest BCUT2D eigenvalue weighted by atomic mass is 10.3. The minimum absolute atomic E-state index is 0.188. The fourth-order valence-electron chi connectivity index (χ4n) is 0.876. The third-order valence-electron chi connectivity index (χ3n) is 1.48. The number of hydrogen-bond acceptors (Lipinski definition) is 3. The van der Waals surface area contributed by atoms with Gasteiger partial charge in [-0.1, -0.05) is 6.07 Å². The van der Waals surface area contributed by atoms with Gasteiger partial charge in [0.05, 0.1) is 12.9 Å². The van der Waals surface area contributed by atoms with E-state index in [0.717, 1.165) is 10.6 Å². The zero-order valence-corrected chi connectivity index (χ0v) is 8.56. The summed E-state index contributed by atoms with van der Waals surface area (Å²) in [5.41, 5.74) is 0. The maximum Gasteiger partial charge on any atom is 0.140 e. The lowest BCUT2D eigenvalue weighted by Gasteiger charge is -2.02. The smallest absolute Gasteiger partial charge is 0.140 e. The SMILES string of the molecule is COc1cccc(SCC(C)=O)c1. The van der Waals surface area contributed by atoms with Gasteiger partial charge in [0.15, 0.2) is 0 Å². The summed E-state index contributed by atoms with van der Waals surface area (Å²) in [5, 5.41) is 0. The molecule has 0 spiro atoms. The summed E-state index contributed by atoms with van der Waals surface area (Å²) in [6.07, 6.45) is 0. The van der Waals surface area contributed by atoms with Gasteiger partial charge in [-0.25, -0.2) is 0 Å². The second kappa shape index (κ2) is 4.92. The molecule has 0 aromatic heterocycles. The maximum absolute atomic E-state index is 10.7. The molecule has 13 heavy (non-hydrogen) atoms. The second-order valence-electron chi connectivity index (χ2n) is 2.67. The van der Waals surface area contributed by atoms with Crippen molar-refractivity contribution >= 4 is 17.5 Å². The predicted molar refractivity (Wildman–Crippen MR) is 54.4 cm³/mol. The number of hydrogen-bond donors (Lipinski definition) is 0. The van der Waals surface area contributed by atoms with E-state index in [9.17, 15) is 4.79 Å². The van der Waals surface area contributed by atoms with Crippen LogP contribution in [0.15, 0.2) is 29.2 Å². The molecule has 70 valence electrons. The highest BCUT2D eigenvalue weighted by Gasteiger charge is 1.98. The van der Waals surface area contributed by atoms with Crippen LogP contribution in [0, 0.1) is 0 Å². The van der Waals surface area contributed by atoms with Crippen molar-refractivity contribution in [2.75, 3.05) is 12.9 Å². The molecule has 0 unspecified atom stereocenters. The van der Waals surface area contributed by atoms with Gasteiger partial charge in [-0.15, -0.1) is 11.8 Å². The zero-order chi connectivity index (χ0) is 9.68. The van der Waals surface area contributed by atoms with E-state index in [0.29, 0.717) is 5.75 Å². The first-order valence-electron chi connectivity index (χ1n) is 3.98. The zero-order valence-electron chi connectivity index (χ0n) is 7.74. The summed E-state index contributed by atoms with van der Waals surface area (Å²) >= 11 is 1.53. The first-order chi connectivity index (χ1) is 6.22. The molecule has 2 nitrogen and oxygen atoms in total. The average molecular weight is 196 g/mol. The van der Waals surface area contributed by atoms with Crippen LogP contribution in [0.4, 0.5) is 0 Å². The summed E-state index contributed by atoms with van der Waals surface area (Å²) < 4.78 is 5.06. The topological polar surface area (TPSA) is 26.3 Å². The molecule has 3 heteroatoms. The van der Waals surface area contributed by atoms with Crippen molar-refractivity contribution in [3.8, 4) is 5.75 Å². The largest absolute Gasteiger partial charge is 0.497 e. The molecule has 0 fully saturated rings. The summed E-state index contributed by atoms with van der Waals surface area (Å²) in [7, 11) is 1.63. The number of ether oxygens (including phenoxy) is 1. The first-order valence-corrected chi connectivity index (χ1v) is 4.97. The average Bonchev–Trinajstić information content (AvgIpc) is 2.15. The van der Waals surface area contributed by atoms with Crippen LogP contribution in [0.25, 0.3) is 0 Å². The van der Waals surface area contributed by atoms with Gasteiger partial charge in [-0.3, -0.25) is 4.79 Å². The number of carbonyl (C=O) groups excluding carboxylic acids is 1. The van der Waals surface area contributed by atoms with Crippen LogP contribution in [-0.2, 0) is 4.79 Å².